The van der Waals surface area contributed by atoms with Gasteiger partial charge in [0.2, 0.25) is 6.33 Å². The molecule has 5 heteroatoms. The molecule has 0 saturated heterocycles. The molecule has 1 N–H and O–H groups in total. The van der Waals surface area contributed by atoms with Crippen molar-refractivity contribution in [3.63, 3.8) is 0 Å². The summed E-state index contributed by atoms with van der Waals surface area (Å²) in [5.41, 5.74) is 2.22. The Kier molecular flexibility index (Phi) is 4.32. The summed E-state index contributed by atoms with van der Waals surface area (Å²) in [6.07, 6.45) is 1.38. The van der Waals surface area contributed by atoms with Gasteiger partial charge in [0.1, 0.15) is 25.0 Å². The average Bonchev–Trinajstić information content (AvgIpc) is 2.82. The van der Waals surface area contributed by atoms with E-state index in [-0.39, 0.29) is 6.61 Å². The summed E-state index contributed by atoms with van der Waals surface area (Å²) in [7, 11) is 1.99. The highest BCUT2D eigenvalue weighted by Gasteiger charge is 2.16. The van der Waals surface area contributed by atoms with Crippen LogP contribution in [-0.4, -0.2) is 22.4 Å². The first-order chi connectivity index (χ1) is 10.6. The van der Waals surface area contributed by atoms with Gasteiger partial charge in [-0.15, -0.1) is 0 Å². The standard InChI is InChI=1S/C17H18ClN2O2/c1-19-12-20(17-8-3-2-7-16(17)19)10-14(21)11-22-15-6-4-5-13(18)9-15/h2-9,12,14,21H,10-11H2,1H3/q+1/t14-/m0/s1. The highest BCUT2D eigenvalue weighted by atomic mass is 35.5. The van der Waals surface area contributed by atoms with Gasteiger partial charge >= 0.3 is 0 Å². The summed E-state index contributed by atoms with van der Waals surface area (Å²) in [5.74, 6) is 0.662. The zero-order valence-corrected chi connectivity index (χ0v) is 13.1. The molecule has 1 heterocycles. The smallest absolute Gasteiger partial charge is 0.244 e. The number of aryl methyl sites for hydroxylation is 1. The number of imidazole rings is 1. The maximum Gasteiger partial charge on any atom is 0.244 e. The molecule has 0 radical (unpaired) electrons. The fourth-order valence-corrected chi connectivity index (χ4v) is 2.69. The van der Waals surface area contributed by atoms with E-state index in [4.69, 9.17) is 16.3 Å². The first-order valence-corrected chi connectivity index (χ1v) is 7.51. The number of benzene rings is 2. The summed E-state index contributed by atoms with van der Waals surface area (Å²) in [6, 6.07) is 15.3. The van der Waals surface area contributed by atoms with E-state index >= 15 is 0 Å². The topological polar surface area (TPSA) is 38.3 Å². The molecule has 3 rings (SSSR count). The molecule has 2 aromatic carbocycles. The van der Waals surface area contributed by atoms with Gasteiger partial charge < -0.3 is 9.84 Å². The van der Waals surface area contributed by atoms with E-state index in [1.165, 1.54) is 0 Å². The molecule has 1 atom stereocenters. The monoisotopic (exact) mass is 317 g/mol. The Morgan fingerprint density at radius 3 is 2.86 bits per heavy atom. The number of hydrogen-bond donors (Lipinski definition) is 1. The maximum absolute atomic E-state index is 10.2. The SMILES string of the molecule is C[n+]1cn(C[C@H](O)COc2cccc(Cl)c2)c2ccccc21. The van der Waals surface area contributed by atoms with Gasteiger partial charge in [-0.1, -0.05) is 29.8 Å². The van der Waals surface area contributed by atoms with Gasteiger partial charge in [0.05, 0.1) is 7.05 Å². The Morgan fingerprint density at radius 2 is 2.05 bits per heavy atom. The Bertz CT molecular complexity index is 785. The number of hydrogen-bond acceptors (Lipinski definition) is 2. The Balaban J connectivity index is 1.67. The van der Waals surface area contributed by atoms with Crippen molar-refractivity contribution in [3.05, 3.63) is 59.9 Å². The second-order valence-corrected chi connectivity index (χ2v) is 5.73. The lowest BCUT2D eigenvalue weighted by molar-refractivity contribution is -0.645. The van der Waals surface area contributed by atoms with E-state index in [0.29, 0.717) is 17.3 Å². The number of aliphatic hydroxyl groups excluding tert-OH is 1. The molecule has 0 unspecified atom stereocenters. The molecule has 4 nitrogen and oxygen atoms in total. The molecule has 0 bridgehead atoms. The van der Waals surface area contributed by atoms with Crippen LogP contribution in [0, 0.1) is 0 Å². The van der Waals surface area contributed by atoms with Gasteiger partial charge in [0.15, 0.2) is 11.0 Å². The van der Waals surface area contributed by atoms with E-state index in [2.05, 4.69) is 6.07 Å². The number of fused-ring (bicyclic) bond motifs is 1. The van der Waals surface area contributed by atoms with Gasteiger partial charge in [-0.2, -0.15) is 0 Å². The quantitative estimate of drug-likeness (QED) is 0.735. The lowest BCUT2D eigenvalue weighted by Gasteiger charge is -2.11. The fraction of sp³-hybridized carbons (Fsp3) is 0.235. The lowest BCUT2D eigenvalue weighted by atomic mass is 10.3. The van der Waals surface area contributed by atoms with E-state index in [1.807, 2.05) is 52.8 Å². The minimum atomic E-state index is -0.602. The summed E-state index contributed by atoms with van der Waals surface area (Å²) >= 11 is 5.91. The van der Waals surface area contributed by atoms with Crippen LogP contribution in [0.1, 0.15) is 0 Å². The molecule has 0 aliphatic rings. The third-order valence-corrected chi connectivity index (χ3v) is 3.76. The van der Waals surface area contributed by atoms with Crippen LogP contribution in [-0.2, 0) is 13.6 Å². The summed E-state index contributed by atoms with van der Waals surface area (Å²) in [5, 5.41) is 10.8. The normalized spacial score (nSPS) is 12.5. The molecule has 0 saturated carbocycles. The minimum absolute atomic E-state index is 0.219. The molecule has 0 aliphatic heterocycles. The first kappa shape index (κ1) is 14.9. The minimum Gasteiger partial charge on any atom is -0.491 e. The highest BCUT2D eigenvalue weighted by Crippen LogP contribution is 2.17. The molecule has 114 valence electrons. The number of halogens is 1. The molecule has 22 heavy (non-hydrogen) atoms. The number of aromatic nitrogens is 2. The van der Waals surface area contributed by atoms with Gasteiger partial charge in [-0.25, -0.2) is 9.13 Å². The third-order valence-electron chi connectivity index (χ3n) is 3.53. The molecule has 0 aliphatic carbocycles. The van der Waals surface area contributed by atoms with Crippen LogP contribution in [0.4, 0.5) is 0 Å². The van der Waals surface area contributed by atoms with Crippen molar-refractivity contribution < 1.29 is 14.4 Å². The van der Waals surface area contributed by atoms with E-state index in [1.54, 1.807) is 12.1 Å². The summed E-state index contributed by atoms with van der Waals surface area (Å²) in [6.45, 7) is 0.693. The van der Waals surface area contributed by atoms with Crippen molar-refractivity contribution >= 4 is 22.6 Å². The molecule has 1 aromatic heterocycles. The Morgan fingerprint density at radius 1 is 1.23 bits per heavy atom. The second-order valence-electron chi connectivity index (χ2n) is 5.29. The zero-order chi connectivity index (χ0) is 15.5. The van der Waals surface area contributed by atoms with Crippen LogP contribution in [0.25, 0.3) is 11.0 Å². The molecular formula is C17H18ClN2O2+. The van der Waals surface area contributed by atoms with Gasteiger partial charge in [-0.05, 0) is 30.3 Å². The van der Waals surface area contributed by atoms with Crippen LogP contribution >= 0.6 is 11.6 Å². The molecule has 3 aromatic rings. The molecule has 0 amide bonds. The second kappa shape index (κ2) is 6.38. The van der Waals surface area contributed by atoms with E-state index in [0.717, 1.165) is 11.0 Å². The maximum atomic E-state index is 10.2. The van der Waals surface area contributed by atoms with Crippen LogP contribution in [0.3, 0.4) is 0 Å². The van der Waals surface area contributed by atoms with Gasteiger partial charge in [0.25, 0.3) is 0 Å². The van der Waals surface area contributed by atoms with Gasteiger partial charge in [0, 0.05) is 5.02 Å². The van der Waals surface area contributed by atoms with Crippen molar-refractivity contribution in [1.29, 1.82) is 0 Å². The largest absolute Gasteiger partial charge is 0.491 e. The third kappa shape index (κ3) is 3.24. The predicted octanol–water partition coefficient (Wildman–Crippen LogP) is 2.56. The van der Waals surface area contributed by atoms with Crippen molar-refractivity contribution in [2.45, 2.75) is 12.6 Å². The number of rotatable bonds is 5. The van der Waals surface area contributed by atoms with Crippen molar-refractivity contribution in [3.8, 4) is 5.75 Å². The van der Waals surface area contributed by atoms with Gasteiger partial charge in [-0.3, -0.25) is 0 Å². The van der Waals surface area contributed by atoms with Crippen LogP contribution in [0.2, 0.25) is 5.02 Å². The van der Waals surface area contributed by atoms with Crippen LogP contribution in [0.5, 0.6) is 5.75 Å². The first-order valence-electron chi connectivity index (χ1n) is 7.13. The number of nitrogens with zero attached hydrogens (tertiary/aromatic N) is 2. The average molecular weight is 318 g/mol. The van der Waals surface area contributed by atoms with Crippen molar-refractivity contribution in [2.75, 3.05) is 6.61 Å². The molecule has 0 fully saturated rings. The highest BCUT2D eigenvalue weighted by molar-refractivity contribution is 6.30. The number of aliphatic hydroxyl groups is 1. The summed E-state index contributed by atoms with van der Waals surface area (Å²) < 4.78 is 9.66. The Hall–Kier alpha value is -2.04. The molecule has 0 spiro atoms. The van der Waals surface area contributed by atoms with E-state index < -0.39 is 6.10 Å². The lowest BCUT2D eigenvalue weighted by Crippen LogP contribution is -2.27. The van der Waals surface area contributed by atoms with Crippen LogP contribution in [0.15, 0.2) is 54.9 Å². The zero-order valence-electron chi connectivity index (χ0n) is 12.3. The number of para-hydroxylation sites is 2. The summed E-state index contributed by atoms with van der Waals surface area (Å²) in [4.78, 5) is 0. The predicted molar refractivity (Wildman–Crippen MR) is 86.1 cm³/mol. The van der Waals surface area contributed by atoms with Crippen LogP contribution < -0.4 is 9.30 Å². The molecular weight excluding hydrogens is 300 g/mol. The fourth-order valence-electron chi connectivity index (χ4n) is 2.51. The Labute approximate surface area is 134 Å². The van der Waals surface area contributed by atoms with E-state index in [9.17, 15) is 5.11 Å². The van der Waals surface area contributed by atoms with Crippen molar-refractivity contribution in [1.82, 2.24) is 4.57 Å². The van der Waals surface area contributed by atoms with Crippen molar-refractivity contribution in [2.24, 2.45) is 7.05 Å². The number of ether oxygens (including phenoxy) is 1.